The van der Waals surface area contributed by atoms with Crippen LogP contribution in [0.4, 0.5) is 8.78 Å². The second-order valence-corrected chi connectivity index (χ2v) is 8.74. The molecule has 0 aliphatic carbocycles. The summed E-state index contributed by atoms with van der Waals surface area (Å²) < 4.78 is 28.7. The smallest absolute Gasteiger partial charge is 0.267 e. The zero-order valence-corrected chi connectivity index (χ0v) is 17.9. The van der Waals surface area contributed by atoms with Gasteiger partial charge >= 0.3 is 0 Å². The van der Waals surface area contributed by atoms with Crippen LogP contribution in [-0.2, 0) is 10.4 Å². The minimum Gasteiger partial charge on any atom is -0.374 e. The number of benzene rings is 2. The number of aliphatic hydroxyl groups is 1. The van der Waals surface area contributed by atoms with Gasteiger partial charge in [0.05, 0.1) is 24.8 Å². The summed E-state index contributed by atoms with van der Waals surface area (Å²) in [6.07, 6.45) is 1.82. The molecule has 0 unspecified atom stereocenters. The molecule has 2 N–H and O–H groups in total. The lowest BCUT2D eigenvalue weighted by Gasteiger charge is -2.27. The molecule has 2 aromatic carbocycles. The van der Waals surface area contributed by atoms with Crippen molar-refractivity contribution in [2.24, 2.45) is 0 Å². The highest BCUT2D eigenvalue weighted by Gasteiger charge is 2.44. The van der Waals surface area contributed by atoms with E-state index in [1.165, 1.54) is 4.90 Å². The number of alkyl halides is 2. The lowest BCUT2D eigenvalue weighted by atomic mass is 9.84. The van der Waals surface area contributed by atoms with Crippen molar-refractivity contribution < 1.29 is 18.7 Å². The summed E-state index contributed by atoms with van der Waals surface area (Å²) in [6.45, 7) is 0.00518. The van der Waals surface area contributed by atoms with Crippen molar-refractivity contribution >= 4 is 5.91 Å². The second kappa shape index (κ2) is 8.31. The quantitative estimate of drug-likeness (QED) is 0.620. The maximum absolute atomic E-state index is 13.5. The summed E-state index contributed by atoms with van der Waals surface area (Å²) in [4.78, 5) is 13.9. The maximum Gasteiger partial charge on any atom is 0.267 e. The molecule has 2 aliphatic heterocycles. The normalized spacial score (nSPS) is 22.6. The molecule has 0 saturated carbocycles. The molecule has 1 aromatic heterocycles. The molecule has 0 spiro atoms. The molecule has 172 valence electrons. The Hall–Kier alpha value is -3.17. The van der Waals surface area contributed by atoms with Gasteiger partial charge in [-0.25, -0.2) is 13.5 Å². The summed E-state index contributed by atoms with van der Waals surface area (Å²) in [5.41, 5.74) is 0.198. The van der Waals surface area contributed by atoms with Gasteiger partial charge in [0.25, 0.3) is 5.92 Å². The molecule has 2 fully saturated rings. The highest BCUT2D eigenvalue weighted by molar-refractivity contribution is 5.82. The van der Waals surface area contributed by atoms with Crippen LogP contribution < -0.4 is 5.32 Å². The van der Waals surface area contributed by atoms with E-state index in [1.54, 1.807) is 10.9 Å². The summed E-state index contributed by atoms with van der Waals surface area (Å²) in [5, 5.41) is 23.5. The first-order valence-corrected chi connectivity index (χ1v) is 11.0. The van der Waals surface area contributed by atoms with Crippen LogP contribution >= 0.6 is 0 Å². The van der Waals surface area contributed by atoms with Crippen LogP contribution in [0.15, 0.2) is 66.9 Å². The number of rotatable bonds is 5. The first kappa shape index (κ1) is 21.7. The standard InChI is InChI=1S/C24H25F2N5O2/c25-23(26)11-12-30(16-23)22(32)20-13-19(14-27-20)31-15-21(28-29-31)24(33,17-7-3-1-4-8-17)18-9-5-2-6-10-18/h1-10,15,19-20,27,33H,11-14,16H2/t19-,20-/m0/s1. The Balaban J connectivity index is 1.38. The number of amides is 1. The van der Waals surface area contributed by atoms with Crippen LogP contribution in [0, 0.1) is 0 Å². The molecule has 2 saturated heterocycles. The van der Waals surface area contributed by atoms with E-state index in [-0.39, 0.29) is 24.9 Å². The highest BCUT2D eigenvalue weighted by Crippen LogP contribution is 2.36. The number of carbonyl (C=O) groups excluding carboxylic acids is 1. The molecule has 0 radical (unpaired) electrons. The minimum atomic E-state index is -2.81. The van der Waals surface area contributed by atoms with Crippen LogP contribution in [-0.4, -0.2) is 62.5 Å². The maximum atomic E-state index is 13.5. The fourth-order valence-electron chi connectivity index (χ4n) is 4.69. The molecule has 0 bridgehead atoms. The van der Waals surface area contributed by atoms with Gasteiger partial charge in [-0.15, -0.1) is 5.10 Å². The topological polar surface area (TPSA) is 83.3 Å². The van der Waals surface area contributed by atoms with E-state index in [1.807, 2.05) is 60.7 Å². The predicted octanol–water partition coefficient (Wildman–Crippen LogP) is 2.33. The van der Waals surface area contributed by atoms with Crippen molar-refractivity contribution in [1.29, 1.82) is 0 Å². The zero-order chi connectivity index (χ0) is 23.1. The lowest BCUT2D eigenvalue weighted by Crippen LogP contribution is -2.43. The van der Waals surface area contributed by atoms with Crippen molar-refractivity contribution in [3.05, 3.63) is 83.7 Å². The molecule has 2 aliphatic rings. The van der Waals surface area contributed by atoms with Gasteiger partial charge in [0.2, 0.25) is 5.91 Å². The summed E-state index contributed by atoms with van der Waals surface area (Å²) in [5.74, 6) is -3.12. The van der Waals surface area contributed by atoms with Crippen molar-refractivity contribution in [2.75, 3.05) is 19.6 Å². The molecule has 33 heavy (non-hydrogen) atoms. The lowest BCUT2D eigenvalue weighted by molar-refractivity contribution is -0.133. The molecular formula is C24H25F2N5O2. The zero-order valence-electron chi connectivity index (χ0n) is 17.9. The Kier molecular flexibility index (Phi) is 5.46. The van der Waals surface area contributed by atoms with E-state index in [4.69, 9.17) is 0 Å². The van der Waals surface area contributed by atoms with Gasteiger partial charge in [-0.1, -0.05) is 65.9 Å². The van der Waals surface area contributed by atoms with Gasteiger partial charge in [0.1, 0.15) is 5.69 Å². The van der Waals surface area contributed by atoms with E-state index in [0.29, 0.717) is 29.8 Å². The predicted molar refractivity (Wildman–Crippen MR) is 117 cm³/mol. The van der Waals surface area contributed by atoms with Crippen LogP contribution in [0.1, 0.15) is 35.7 Å². The van der Waals surface area contributed by atoms with Gasteiger partial charge in [-0.3, -0.25) is 4.79 Å². The number of hydrogen-bond donors (Lipinski definition) is 2. The Bertz CT molecular complexity index is 1080. The van der Waals surface area contributed by atoms with E-state index < -0.39 is 24.1 Å². The van der Waals surface area contributed by atoms with Gasteiger partial charge in [0.15, 0.2) is 5.60 Å². The first-order valence-electron chi connectivity index (χ1n) is 11.0. The Morgan fingerprint density at radius 2 is 1.73 bits per heavy atom. The molecule has 1 amide bonds. The van der Waals surface area contributed by atoms with Crippen LogP contribution in [0.2, 0.25) is 0 Å². The second-order valence-electron chi connectivity index (χ2n) is 8.74. The molecular weight excluding hydrogens is 428 g/mol. The number of halogens is 2. The van der Waals surface area contributed by atoms with E-state index in [2.05, 4.69) is 15.6 Å². The summed E-state index contributed by atoms with van der Waals surface area (Å²) in [7, 11) is 0. The average Bonchev–Trinajstić information content (AvgIpc) is 3.59. The molecule has 2 atom stereocenters. The third-order valence-corrected chi connectivity index (χ3v) is 6.53. The van der Waals surface area contributed by atoms with Crippen LogP contribution in [0.25, 0.3) is 0 Å². The molecule has 3 aromatic rings. The molecule has 3 heterocycles. The van der Waals surface area contributed by atoms with Crippen molar-refractivity contribution in [2.45, 2.75) is 36.4 Å². The summed E-state index contributed by atoms with van der Waals surface area (Å²) in [6, 6.07) is 17.8. The number of carbonyl (C=O) groups is 1. The van der Waals surface area contributed by atoms with Gasteiger partial charge < -0.3 is 15.3 Å². The fourth-order valence-corrected chi connectivity index (χ4v) is 4.69. The molecule has 9 heteroatoms. The number of aromatic nitrogens is 3. The SMILES string of the molecule is O=C([C@@H]1C[C@H](n2cc(C(O)(c3ccccc3)c3ccccc3)nn2)CN1)N1CCC(F)(F)C1. The summed E-state index contributed by atoms with van der Waals surface area (Å²) >= 11 is 0. The molecule has 5 rings (SSSR count). The highest BCUT2D eigenvalue weighted by atomic mass is 19.3. The van der Waals surface area contributed by atoms with E-state index in [0.717, 1.165) is 0 Å². The first-order chi connectivity index (χ1) is 15.9. The number of likely N-dealkylation sites (tertiary alicyclic amines) is 1. The minimum absolute atomic E-state index is 0.0728. The third-order valence-electron chi connectivity index (χ3n) is 6.53. The van der Waals surface area contributed by atoms with Gasteiger partial charge in [-0.2, -0.15) is 0 Å². The fraction of sp³-hybridized carbons (Fsp3) is 0.375. The Labute approximate surface area is 190 Å². The molecule has 7 nitrogen and oxygen atoms in total. The van der Waals surface area contributed by atoms with Gasteiger partial charge in [0, 0.05) is 19.5 Å². The Morgan fingerprint density at radius 1 is 1.09 bits per heavy atom. The Morgan fingerprint density at radius 3 is 2.30 bits per heavy atom. The van der Waals surface area contributed by atoms with Crippen molar-refractivity contribution in [1.82, 2.24) is 25.2 Å². The number of nitrogens with one attached hydrogen (secondary N) is 1. The van der Waals surface area contributed by atoms with Crippen LogP contribution in [0.5, 0.6) is 0 Å². The van der Waals surface area contributed by atoms with Crippen LogP contribution in [0.3, 0.4) is 0 Å². The average molecular weight is 453 g/mol. The van der Waals surface area contributed by atoms with E-state index in [9.17, 15) is 18.7 Å². The number of nitrogens with zero attached hydrogens (tertiary/aromatic N) is 4. The largest absolute Gasteiger partial charge is 0.374 e. The number of hydrogen-bond acceptors (Lipinski definition) is 5. The third kappa shape index (κ3) is 4.02. The monoisotopic (exact) mass is 453 g/mol. The van der Waals surface area contributed by atoms with Crippen molar-refractivity contribution in [3.8, 4) is 0 Å². The van der Waals surface area contributed by atoms with E-state index >= 15 is 0 Å². The van der Waals surface area contributed by atoms with Crippen molar-refractivity contribution in [3.63, 3.8) is 0 Å². The van der Waals surface area contributed by atoms with Gasteiger partial charge in [-0.05, 0) is 17.5 Å².